The molecular formula is C12H12N4O. The Morgan fingerprint density at radius 3 is 2.65 bits per heavy atom. The van der Waals surface area contributed by atoms with E-state index in [2.05, 4.69) is 20.6 Å². The summed E-state index contributed by atoms with van der Waals surface area (Å²) in [5, 5.41) is 5.43. The van der Waals surface area contributed by atoms with E-state index in [1.54, 1.807) is 36.9 Å². The average molecular weight is 228 g/mol. The van der Waals surface area contributed by atoms with E-state index in [0.29, 0.717) is 12.2 Å². The number of anilines is 1. The summed E-state index contributed by atoms with van der Waals surface area (Å²) >= 11 is 0. The van der Waals surface area contributed by atoms with Crippen LogP contribution in [0.25, 0.3) is 0 Å². The first-order valence-electron chi connectivity index (χ1n) is 5.18. The van der Waals surface area contributed by atoms with Crippen molar-refractivity contribution in [1.82, 2.24) is 15.3 Å². The summed E-state index contributed by atoms with van der Waals surface area (Å²) in [6.45, 7) is 0.467. The maximum absolute atomic E-state index is 11.5. The molecule has 0 aliphatic rings. The minimum Gasteiger partial charge on any atom is -0.334 e. The Kier molecular flexibility index (Phi) is 3.64. The van der Waals surface area contributed by atoms with Gasteiger partial charge in [0.25, 0.3) is 0 Å². The van der Waals surface area contributed by atoms with E-state index in [4.69, 9.17) is 0 Å². The Labute approximate surface area is 98.9 Å². The molecule has 0 saturated heterocycles. The molecule has 0 spiro atoms. The largest absolute Gasteiger partial charge is 0.334 e. The molecule has 0 aromatic carbocycles. The number of aromatic nitrogens is 2. The maximum Gasteiger partial charge on any atom is 0.319 e. The minimum absolute atomic E-state index is 0.255. The molecule has 2 rings (SSSR count). The maximum atomic E-state index is 11.5. The molecule has 2 heterocycles. The van der Waals surface area contributed by atoms with Gasteiger partial charge in [0.15, 0.2) is 0 Å². The van der Waals surface area contributed by atoms with Gasteiger partial charge in [-0.05, 0) is 29.8 Å². The molecule has 0 fully saturated rings. The molecule has 2 aromatic heterocycles. The molecule has 5 nitrogen and oxygen atoms in total. The Morgan fingerprint density at radius 2 is 1.94 bits per heavy atom. The molecule has 86 valence electrons. The van der Waals surface area contributed by atoms with Crippen molar-refractivity contribution >= 4 is 11.7 Å². The topological polar surface area (TPSA) is 66.9 Å². The van der Waals surface area contributed by atoms with Crippen LogP contribution in [-0.2, 0) is 6.54 Å². The normalized spacial score (nSPS) is 9.65. The Bertz CT molecular complexity index is 472. The fourth-order valence-corrected chi connectivity index (χ4v) is 1.29. The van der Waals surface area contributed by atoms with Gasteiger partial charge < -0.3 is 10.6 Å². The van der Waals surface area contributed by atoms with Gasteiger partial charge in [-0.1, -0.05) is 0 Å². The summed E-state index contributed by atoms with van der Waals surface area (Å²) in [5.41, 5.74) is 1.67. The molecule has 2 aromatic rings. The Morgan fingerprint density at radius 1 is 1.12 bits per heavy atom. The highest BCUT2D eigenvalue weighted by Crippen LogP contribution is 2.02. The number of rotatable bonds is 3. The number of urea groups is 1. The predicted molar refractivity (Wildman–Crippen MR) is 64.3 cm³/mol. The van der Waals surface area contributed by atoms with Crippen molar-refractivity contribution in [1.29, 1.82) is 0 Å². The van der Waals surface area contributed by atoms with E-state index >= 15 is 0 Å². The van der Waals surface area contributed by atoms with Crippen LogP contribution in [0.3, 0.4) is 0 Å². The van der Waals surface area contributed by atoms with Gasteiger partial charge >= 0.3 is 6.03 Å². The number of nitrogens with one attached hydrogen (secondary N) is 2. The van der Waals surface area contributed by atoms with Crippen LogP contribution in [0.4, 0.5) is 10.5 Å². The third-order valence-corrected chi connectivity index (χ3v) is 2.12. The van der Waals surface area contributed by atoms with Crippen LogP contribution < -0.4 is 10.6 Å². The van der Waals surface area contributed by atoms with Gasteiger partial charge in [-0.2, -0.15) is 0 Å². The Hall–Kier alpha value is -2.43. The third kappa shape index (κ3) is 3.57. The lowest BCUT2D eigenvalue weighted by Crippen LogP contribution is -2.28. The third-order valence-electron chi connectivity index (χ3n) is 2.12. The van der Waals surface area contributed by atoms with Crippen molar-refractivity contribution in [2.24, 2.45) is 0 Å². The van der Waals surface area contributed by atoms with Gasteiger partial charge in [-0.25, -0.2) is 4.79 Å². The average Bonchev–Trinajstić information content (AvgIpc) is 2.39. The molecule has 0 radical (unpaired) electrons. The van der Waals surface area contributed by atoms with Crippen molar-refractivity contribution in [2.75, 3.05) is 5.32 Å². The zero-order chi connectivity index (χ0) is 11.9. The van der Waals surface area contributed by atoms with Crippen molar-refractivity contribution in [3.05, 3.63) is 54.6 Å². The predicted octanol–water partition coefficient (Wildman–Crippen LogP) is 1.80. The molecular weight excluding hydrogens is 216 g/mol. The number of amides is 2. The van der Waals surface area contributed by atoms with Crippen LogP contribution in [0.2, 0.25) is 0 Å². The van der Waals surface area contributed by atoms with Crippen LogP contribution in [-0.4, -0.2) is 16.0 Å². The van der Waals surface area contributed by atoms with E-state index in [1.807, 2.05) is 12.1 Å². The van der Waals surface area contributed by atoms with E-state index < -0.39 is 0 Å². The lowest BCUT2D eigenvalue weighted by Gasteiger charge is -2.06. The molecule has 0 unspecified atom stereocenters. The highest BCUT2D eigenvalue weighted by Gasteiger charge is 2.00. The van der Waals surface area contributed by atoms with Crippen molar-refractivity contribution in [3.8, 4) is 0 Å². The molecule has 0 atom stereocenters. The number of hydrogen-bond acceptors (Lipinski definition) is 3. The molecule has 2 N–H and O–H groups in total. The van der Waals surface area contributed by atoms with Crippen LogP contribution in [0.5, 0.6) is 0 Å². The minimum atomic E-state index is -0.255. The first kappa shape index (κ1) is 11.1. The smallest absolute Gasteiger partial charge is 0.319 e. The standard InChI is InChI=1S/C12H12N4O/c17-12(16-11-2-1-5-14-9-11)15-8-10-3-6-13-7-4-10/h1-7,9H,8H2,(H2,15,16,17). The SMILES string of the molecule is O=C(NCc1ccncc1)Nc1cccnc1. The van der Waals surface area contributed by atoms with E-state index in [9.17, 15) is 4.79 Å². The fourth-order valence-electron chi connectivity index (χ4n) is 1.29. The van der Waals surface area contributed by atoms with E-state index in [0.717, 1.165) is 5.56 Å². The molecule has 2 amide bonds. The first-order valence-corrected chi connectivity index (χ1v) is 5.18. The highest BCUT2D eigenvalue weighted by atomic mass is 16.2. The van der Waals surface area contributed by atoms with Crippen molar-refractivity contribution in [2.45, 2.75) is 6.54 Å². The van der Waals surface area contributed by atoms with Gasteiger partial charge in [0.1, 0.15) is 0 Å². The molecule has 0 aliphatic carbocycles. The molecule has 0 bridgehead atoms. The monoisotopic (exact) mass is 228 g/mol. The van der Waals surface area contributed by atoms with Gasteiger partial charge in [-0.15, -0.1) is 0 Å². The number of hydrogen-bond donors (Lipinski definition) is 2. The second-order valence-electron chi connectivity index (χ2n) is 3.40. The van der Waals surface area contributed by atoms with Crippen molar-refractivity contribution < 1.29 is 4.79 Å². The van der Waals surface area contributed by atoms with E-state index in [1.165, 1.54) is 0 Å². The molecule has 5 heteroatoms. The van der Waals surface area contributed by atoms with Gasteiger partial charge in [0.2, 0.25) is 0 Å². The fraction of sp³-hybridized carbons (Fsp3) is 0.0833. The summed E-state index contributed by atoms with van der Waals surface area (Å²) in [4.78, 5) is 19.3. The van der Waals surface area contributed by atoms with Crippen molar-refractivity contribution in [3.63, 3.8) is 0 Å². The number of carbonyl (C=O) groups excluding carboxylic acids is 1. The summed E-state index contributed by atoms with van der Waals surface area (Å²) in [6.07, 6.45) is 6.62. The van der Waals surface area contributed by atoms with Crippen LogP contribution in [0.1, 0.15) is 5.56 Å². The van der Waals surface area contributed by atoms with Crippen LogP contribution in [0.15, 0.2) is 49.1 Å². The van der Waals surface area contributed by atoms with Crippen LogP contribution in [0, 0.1) is 0 Å². The molecule has 17 heavy (non-hydrogen) atoms. The van der Waals surface area contributed by atoms with Gasteiger partial charge in [0.05, 0.1) is 11.9 Å². The number of pyridine rings is 2. The lowest BCUT2D eigenvalue weighted by molar-refractivity contribution is 0.251. The van der Waals surface area contributed by atoms with Gasteiger partial charge in [0, 0.05) is 25.1 Å². The van der Waals surface area contributed by atoms with Crippen LogP contribution >= 0.6 is 0 Å². The first-order chi connectivity index (χ1) is 8.34. The highest BCUT2D eigenvalue weighted by molar-refractivity contribution is 5.88. The zero-order valence-corrected chi connectivity index (χ0v) is 9.13. The quantitative estimate of drug-likeness (QED) is 0.841. The second kappa shape index (κ2) is 5.60. The summed E-state index contributed by atoms with van der Waals surface area (Å²) in [7, 11) is 0. The number of nitrogens with zero attached hydrogens (tertiary/aromatic N) is 2. The van der Waals surface area contributed by atoms with E-state index in [-0.39, 0.29) is 6.03 Å². The summed E-state index contributed by atoms with van der Waals surface area (Å²) < 4.78 is 0. The van der Waals surface area contributed by atoms with Gasteiger partial charge in [-0.3, -0.25) is 9.97 Å². The Balaban J connectivity index is 1.83. The lowest BCUT2D eigenvalue weighted by atomic mass is 10.3. The summed E-state index contributed by atoms with van der Waals surface area (Å²) in [5.74, 6) is 0. The molecule has 0 saturated carbocycles. The number of carbonyl (C=O) groups is 1. The zero-order valence-electron chi connectivity index (χ0n) is 9.13. The second-order valence-corrected chi connectivity index (χ2v) is 3.40. The molecule has 0 aliphatic heterocycles. The summed E-state index contributed by atoms with van der Waals surface area (Å²) in [6, 6.07) is 6.99.